The molecule has 0 atom stereocenters. The van der Waals surface area contributed by atoms with Crippen LogP contribution in [0.15, 0.2) is 47.7 Å². The highest BCUT2D eigenvalue weighted by Gasteiger charge is 2.21. The number of aliphatic imine (C=N–C) groups is 1. The summed E-state index contributed by atoms with van der Waals surface area (Å²) >= 11 is 0. The lowest BCUT2D eigenvalue weighted by atomic mass is 10.0. The first-order valence-electron chi connectivity index (χ1n) is 9.96. The average Bonchev–Trinajstić information content (AvgIpc) is 3.17. The molecule has 3 rings (SSSR count). The van der Waals surface area contributed by atoms with Gasteiger partial charge in [0, 0.05) is 45.0 Å². The third-order valence-electron chi connectivity index (χ3n) is 5.19. The van der Waals surface area contributed by atoms with Crippen molar-refractivity contribution in [3.05, 3.63) is 48.3 Å². The van der Waals surface area contributed by atoms with Crippen LogP contribution in [0.4, 0.5) is 0 Å². The minimum atomic E-state index is 0.507. The minimum absolute atomic E-state index is 0.507. The molecule has 27 heavy (non-hydrogen) atoms. The first-order valence-corrected chi connectivity index (χ1v) is 9.96. The third kappa shape index (κ3) is 5.57. The molecular weight excluding hydrogens is 336 g/mol. The summed E-state index contributed by atoms with van der Waals surface area (Å²) < 4.78 is 1.92. The van der Waals surface area contributed by atoms with Crippen LogP contribution in [-0.2, 0) is 6.42 Å². The van der Waals surface area contributed by atoms with Gasteiger partial charge in [-0.25, -0.2) is 4.68 Å². The van der Waals surface area contributed by atoms with Crippen molar-refractivity contribution >= 4 is 5.96 Å². The summed E-state index contributed by atoms with van der Waals surface area (Å²) in [5.74, 6) is 0.897. The van der Waals surface area contributed by atoms with Crippen molar-refractivity contribution in [2.75, 3.05) is 26.7 Å². The van der Waals surface area contributed by atoms with Crippen LogP contribution in [0, 0.1) is 0 Å². The quantitative estimate of drug-likeness (QED) is 0.607. The maximum atomic E-state index is 4.46. The van der Waals surface area contributed by atoms with Crippen LogP contribution < -0.4 is 10.6 Å². The third-order valence-corrected chi connectivity index (χ3v) is 5.19. The Hall–Kier alpha value is -2.34. The van der Waals surface area contributed by atoms with Crippen LogP contribution >= 0.6 is 0 Å². The van der Waals surface area contributed by atoms with Gasteiger partial charge in [-0.3, -0.25) is 4.99 Å². The average molecular weight is 369 g/mol. The zero-order valence-electron chi connectivity index (χ0n) is 16.7. The van der Waals surface area contributed by atoms with Crippen LogP contribution in [0.1, 0.15) is 32.3 Å². The van der Waals surface area contributed by atoms with E-state index in [1.54, 1.807) is 0 Å². The summed E-state index contributed by atoms with van der Waals surface area (Å²) in [4.78, 5) is 6.92. The molecule has 1 saturated heterocycles. The Bertz CT molecular complexity index is 713. The molecule has 1 fully saturated rings. The van der Waals surface area contributed by atoms with Crippen molar-refractivity contribution in [3.63, 3.8) is 0 Å². The SMILES string of the molecule is CN=C(NCCc1cnn(-c2ccccc2)c1)NC1CCN(C(C)C)CC1. The van der Waals surface area contributed by atoms with Crippen molar-refractivity contribution < 1.29 is 0 Å². The second-order valence-electron chi connectivity index (χ2n) is 7.43. The van der Waals surface area contributed by atoms with E-state index in [2.05, 4.69) is 57.8 Å². The Labute approximate surface area is 162 Å². The molecule has 2 N–H and O–H groups in total. The monoisotopic (exact) mass is 368 g/mol. The maximum absolute atomic E-state index is 4.46. The molecule has 0 unspecified atom stereocenters. The highest BCUT2D eigenvalue weighted by Crippen LogP contribution is 2.13. The Balaban J connectivity index is 1.42. The molecular formula is C21H32N6. The molecule has 146 valence electrons. The molecule has 0 saturated carbocycles. The number of piperidine rings is 1. The van der Waals surface area contributed by atoms with Crippen molar-refractivity contribution in [2.24, 2.45) is 4.99 Å². The fourth-order valence-electron chi connectivity index (χ4n) is 3.48. The lowest BCUT2D eigenvalue weighted by molar-refractivity contribution is 0.167. The zero-order valence-corrected chi connectivity index (χ0v) is 16.7. The number of aromatic nitrogens is 2. The molecule has 1 aliphatic rings. The number of hydrogen-bond acceptors (Lipinski definition) is 3. The second kappa shape index (κ2) is 9.55. The van der Waals surface area contributed by atoms with E-state index < -0.39 is 0 Å². The molecule has 0 aliphatic carbocycles. The summed E-state index contributed by atoms with van der Waals surface area (Å²) in [6.07, 6.45) is 7.28. The lowest BCUT2D eigenvalue weighted by Crippen LogP contribution is -2.50. The van der Waals surface area contributed by atoms with Crippen LogP contribution in [0.3, 0.4) is 0 Å². The molecule has 1 aromatic carbocycles. The zero-order chi connectivity index (χ0) is 19.1. The van der Waals surface area contributed by atoms with E-state index in [0.29, 0.717) is 12.1 Å². The highest BCUT2D eigenvalue weighted by molar-refractivity contribution is 5.79. The molecule has 6 nitrogen and oxygen atoms in total. The maximum Gasteiger partial charge on any atom is 0.191 e. The molecule has 1 aliphatic heterocycles. The first-order chi connectivity index (χ1) is 13.2. The molecule has 2 heterocycles. The fourth-order valence-corrected chi connectivity index (χ4v) is 3.48. The Morgan fingerprint density at radius 3 is 2.63 bits per heavy atom. The fraction of sp³-hybridized carbons (Fsp3) is 0.524. The van der Waals surface area contributed by atoms with E-state index in [4.69, 9.17) is 0 Å². The van der Waals surface area contributed by atoms with Gasteiger partial charge in [0.1, 0.15) is 0 Å². The summed E-state index contributed by atoms with van der Waals surface area (Å²) in [5, 5.41) is 11.5. The van der Waals surface area contributed by atoms with Gasteiger partial charge in [0.2, 0.25) is 0 Å². The van der Waals surface area contributed by atoms with E-state index >= 15 is 0 Å². The smallest absolute Gasteiger partial charge is 0.191 e. The van der Waals surface area contributed by atoms with Gasteiger partial charge in [-0.05, 0) is 50.8 Å². The lowest BCUT2D eigenvalue weighted by Gasteiger charge is -2.35. The number of para-hydroxylation sites is 1. The van der Waals surface area contributed by atoms with Crippen molar-refractivity contribution in [1.29, 1.82) is 0 Å². The minimum Gasteiger partial charge on any atom is -0.356 e. The Morgan fingerprint density at radius 2 is 1.96 bits per heavy atom. The summed E-state index contributed by atoms with van der Waals surface area (Å²) in [6.45, 7) is 7.70. The van der Waals surface area contributed by atoms with E-state index in [1.165, 1.54) is 18.4 Å². The van der Waals surface area contributed by atoms with Crippen molar-refractivity contribution in [1.82, 2.24) is 25.3 Å². The van der Waals surface area contributed by atoms with Gasteiger partial charge in [-0.1, -0.05) is 18.2 Å². The standard InChI is InChI=1S/C21H32N6/c1-17(2)26-13-10-19(11-14-26)25-21(22-3)23-12-9-18-15-24-27(16-18)20-7-5-4-6-8-20/h4-8,15-17,19H,9-14H2,1-3H3,(H2,22,23,25). The molecule has 0 bridgehead atoms. The Kier molecular flexibility index (Phi) is 6.87. The number of hydrogen-bond donors (Lipinski definition) is 2. The van der Waals surface area contributed by atoms with E-state index in [1.807, 2.05) is 36.1 Å². The topological polar surface area (TPSA) is 57.5 Å². The largest absolute Gasteiger partial charge is 0.356 e. The predicted octanol–water partition coefficient (Wildman–Crippen LogP) is 2.45. The van der Waals surface area contributed by atoms with Crippen LogP contribution in [0.25, 0.3) is 5.69 Å². The van der Waals surface area contributed by atoms with Gasteiger partial charge in [0.05, 0.1) is 11.9 Å². The van der Waals surface area contributed by atoms with Crippen LogP contribution in [-0.4, -0.2) is 59.4 Å². The summed E-state index contributed by atoms with van der Waals surface area (Å²) in [6, 6.07) is 11.3. The molecule has 2 aromatic rings. The Morgan fingerprint density at radius 1 is 1.22 bits per heavy atom. The van der Waals surface area contributed by atoms with Crippen LogP contribution in [0.2, 0.25) is 0 Å². The van der Waals surface area contributed by atoms with Gasteiger partial charge >= 0.3 is 0 Å². The number of nitrogens with zero attached hydrogens (tertiary/aromatic N) is 4. The van der Waals surface area contributed by atoms with Crippen molar-refractivity contribution in [2.45, 2.75) is 45.2 Å². The number of likely N-dealkylation sites (tertiary alicyclic amines) is 1. The molecule has 0 spiro atoms. The normalized spacial score (nSPS) is 16.7. The number of nitrogens with one attached hydrogen (secondary N) is 2. The first kappa shape index (κ1) is 19.4. The van der Waals surface area contributed by atoms with Gasteiger partial charge in [0.25, 0.3) is 0 Å². The predicted molar refractivity (Wildman–Crippen MR) is 111 cm³/mol. The number of benzene rings is 1. The van der Waals surface area contributed by atoms with Gasteiger partial charge in [0.15, 0.2) is 5.96 Å². The van der Waals surface area contributed by atoms with Gasteiger partial charge < -0.3 is 15.5 Å². The van der Waals surface area contributed by atoms with E-state index in [9.17, 15) is 0 Å². The van der Waals surface area contributed by atoms with Gasteiger partial charge in [-0.2, -0.15) is 5.10 Å². The van der Waals surface area contributed by atoms with Crippen molar-refractivity contribution in [3.8, 4) is 5.69 Å². The number of rotatable bonds is 6. The molecule has 1 aromatic heterocycles. The molecule has 0 radical (unpaired) electrons. The van der Waals surface area contributed by atoms with Crippen LogP contribution in [0.5, 0.6) is 0 Å². The molecule has 6 heteroatoms. The van der Waals surface area contributed by atoms with Gasteiger partial charge in [-0.15, -0.1) is 0 Å². The van der Waals surface area contributed by atoms with E-state index in [0.717, 1.165) is 37.7 Å². The second-order valence-corrected chi connectivity index (χ2v) is 7.43. The summed E-state index contributed by atoms with van der Waals surface area (Å²) in [7, 11) is 1.84. The van der Waals surface area contributed by atoms with E-state index in [-0.39, 0.29) is 0 Å². The summed E-state index contributed by atoms with van der Waals surface area (Å²) in [5.41, 5.74) is 2.30. The highest BCUT2D eigenvalue weighted by atomic mass is 15.3. The number of guanidine groups is 1. The molecule has 0 amide bonds.